The van der Waals surface area contributed by atoms with Crippen LogP contribution in [0.2, 0.25) is 0 Å². The number of benzene rings is 1. The van der Waals surface area contributed by atoms with E-state index in [-0.39, 0.29) is 5.82 Å². The third kappa shape index (κ3) is 5.70. The number of alkyl halides is 1. The standard InChI is InChI=1S/C17H27ClFN/c1-13(2)7-9-20(10-8-14(3)4)17-6-5-15(12-18)11-16(17)19/h5-6,11,13-14H,7-10,12H2,1-4H3. The van der Waals surface area contributed by atoms with Crippen molar-refractivity contribution in [3.63, 3.8) is 0 Å². The molecule has 0 aliphatic carbocycles. The lowest BCUT2D eigenvalue weighted by atomic mass is 10.1. The first kappa shape index (κ1) is 17.3. The molecule has 0 bridgehead atoms. The maximum atomic E-state index is 14.2. The summed E-state index contributed by atoms with van der Waals surface area (Å²) in [4.78, 5) is 2.17. The monoisotopic (exact) mass is 299 g/mol. The van der Waals surface area contributed by atoms with E-state index in [0.717, 1.165) is 31.5 Å². The Labute approximate surface area is 128 Å². The minimum Gasteiger partial charge on any atom is -0.369 e. The van der Waals surface area contributed by atoms with Crippen molar-refractivity contribution in [2.75, 3.05) is 18.0 Å². The quantitative estimate of drug-likeness (QED) is 0.576. The van der Waals surface area contributed by atoms with Crippen LogP contribution in [0.25, 0.3) is 0 Å². The Bertz CT molecular complexity index is 392. The maximum absolute atomic E-state index is 14.2. The zero-order valence-corrected chi connectivity index (χ0v) is 13.9. The van der Waals surface area contributed by atoms with Gasteiger partial charge in [-0.2, -0.15) is 0 Å². The van der Waals surface area contributed by atoms with Crippen molar-refractivity contribution in [3.8, 4) is 0 Å². The molecule has 0 amide bonds. The zero-order chi connectivity index (χ0) is 15.1. The Morgan fingerprint density at radius 2 is 1.60 bits per heavy atom. The van der Waals surface area contributed by atoms with Crippen LogP contribution < -0.4 is 4.90 Å². The molecule has 20 heavy (non-hydrogen) atoms. The van der Waals surface area contributed by atoms with Gasteiger partial charge in [0.2, 0.25) is 0 Å². The molecule has 1 aromatic rings. The first-order chi connectivity index (χ1) is 9.43. The van der Waals surface area contributed by atoms with Crippen molar-refractivity contribution in [3.05, 3.63) is 29.6 Å². The summed E-state index contributed by atoms with van der Waals surface area (Å²) < 4.78 is 14.2. The third-order valence-electron chi connectivity index (χ3n) is 3.46. The first-order valence-corrected chi connectivity index (χ1v) is 8.06. The Morgan fingerprint density at radius 1 is 1.05 bits per heavy atom. The highest BCUT2D eigenvalue weighted by Crippen LogP contribution is 2.23. The predicted molar refractivity (Wildman–Crippen MR) is 87.1 cm³/mol. The fourth-order valence-corrected chi connectivity index (χ4v) is 2.24. The largest absolute Gasteiger partial charge is 0.369 e. The van der Waals surface area contributed by atoms with Gasteiger partial charge in [-0.25, -0.2) is 4.39 Å². The van der Waals surface area contributed by atoms with Crippen molar-refractivity contribution < 1.29 is 4.39 Å². The van der Waals surface area contributed by atoms with Gasteiger partial charge in [0.15, 0.2) is 0 Å². The molecule has 0 fully saturated rings. The number of hydrogen-bond donors (Lipinski definition) is 0. The van der Waals surface area contributed by atoms with Crippen LogP contribution in [0, 0.1) is 17.7 Å². The summed E-state index contributed by atoms with van der Waals surface area (Å²) in [5.74, 6) is 1.45. The van der Waals surface area contributed by atoms with E-state index in [0.29, 0.717) is 23.4 Å². The van der Waals surface area contributed by atoms with Crippen molar-refractivity contribution in [1.29, 1.82) is 0 Å². The Morgan fingerprint density at radius 3 is 2.00 bits per heavy atom. The number of hydrogen-bond acceptors (Lipinski definition) is 1. The van der Waals surface area contributed by atoms with Crippen LogP contribution in [-0.4, -0.2) is 13.1 Å². The molecule has 0 atom stereocenters. The van der Waals surface area contributed by atoms with Crippen LogP contribution >= 0.6 is 11.6 Å². The van der Waals surface area contributed by atoms with Gasteiger partial charge in [-0.05, 0) is 42.4 Å². The van der Waals surface area contributed by atoms with Crippen molar-refractivity contribution in [2.45, 2.75) is 46.4 Å². The molecule has 0 saturated carbocycles. The van der Waals surface area contributed by atoms with E-state index in [4.69, 9.17) is 11.6 Å². The van der Waals surface area contributed by atoms with E-state index in [1.807, 2.05) is 12.1 Å². The highest BCUT2D eigenvalue weighted by molar-refractivity contribution is 6.17. The molecule has 1 aromatic carbocycles. The lowest BCUT2D eigenvalue weighted by Crippen LogP contribution is -2.28. The number of halogens is 2. The number of anilines is 1. The van der Waals surface area contributed by atoms with E-state index in [9.17, 15) is 4.39 Å². The summed E-state index contributed by atoms with van der Waals surface area (Å²) in [5.41, 5.74) is 1.54. The molecule has 0 radical (unpaired) electrons. The highest BCUT2D eigenvalue weighted by atomic mass is 35.5. The van der Waals surface area contributed by atoms with E-state index >= 15 is 0 Å². The molecule has 0 aliphatic heterocycles. The van der Waals surface area contributed by atoms with Crippen molar-refractivity contribution >= 4 is 17.3 Å². The van der Waals surface area contributed by atoms with Gasteiger partial charge in [0.05, 0.1) is 5.69 Å². The van der Waals surface area contributed by atoms with Crippen LogP contribution in [0.1, 0.15) is 46.1 Å². The molecule has 114 valence electrons. The van der Waals surface area contributed by atoms with E-state index in [1.165, 1.54) is 0 Å². The fourth-order valence-electron chi connectivity index (χ4n) is 2.07. The zero-order valence-electron chi connectivity index (χ0n) is 13.1. The van der Waals surface area contributed by atoms with Crippen LogP contribution in [0.3, 0.4) is 0 Å². The fraction of sp³-hybridized carbons (Fsp3) is 0.647. The molecular formula is C17H27ClFN. The molecule has 0 heterocycles. The second-order valence-corrected chi connectivity index (χ2v) is 6.54. The molecule has 0 saturated heterocycles. The molecule has 1 nitrogen and oxygen atoms in total. The van der Waals surface area contributed by atoms with Gasteiger partial charge >= 0.3 is 0 Å². The van der Waals surface area contributed by atoms with E-state index in [2.05, 4.69) is 32.6 Å². The molecule has 3 heteroatoms. The van der Waals surface area contributed by atoms with Crippen LogP contribution in [0.4, 0.5) is 10.1 Å². The average Bonchev–Trinajstić information content (AvgIpc) is 2.39. The normalized spacial score (nSPS) is 11.4. The van der Waals surface area contributed by atoms with Crippen molar-refractivity contribution in [2.24, 2.45) is 11.8 Å². The van der Waals surface area contributed by atoms with E-state index in [1.54, 1.807) is 6.07 Å². The lowest BCUT2D eigenvalue weighted by Gasteiger charge is -2.27. The van der Waals surface area contributed by atoms with E-state index < -0.39 is 0 Å². The number of nitrogens with zero attached hydrogens (tertiary/aromatic N) is 1. The number of rotatable bonds is 8. The van der Waals surface area contributed by atoms with Crippen LogP contribution in [-0.2, 0) is 5.88 Å². The van der Waals surface area contributed by atoms with Crippen LogP contribution in [0.15, 0.2) is 18.2 Å². The summed E-state index contributed by atoms with van der Waals surface area (Å²) in [6, 6.07) is 5.34. The molecule has 0 aliphatic rings. The summed E-state index contributed by atoms with van der Waals surface area (Å²) in [6.07, 6.45) is 2.16. The van der Waals surface area contributed by atoms with Gasteiger partial charge < -0.3 is 4.90 Å². The minimum absolute atomic E-state index is 0.157. The van der Waals surface area contributed by atoms with Crippen molar-refractivity contribution in [1.82, 2.24) is 0 Å². The first-order valence-electron chi connectivity index (χ1n) is 7.53. The second-order valence-electron chi connectivity index (χ2n) is 6.27. The summed E-state index contributed by atoms with van der Waals surface area (Å²) >= 11 is 5.76. The van der Waals surface area contributed by atoms with Gasteiger partial charge in [0.25, 0.3) is 0 Å². The summed E-state index contributed by atoms with van der Waals surface area (Å²) in [6.45, 7) is 10.6. The Kier molecular flexibility index (Phi) is 7.36. The summed E-state index contributed by atoms with van der Waals surface area (Å²) in [5, 5.41) is 0. The second kappa shape index (κ2) is 8.51. The smallest absolute Gasteiger partial charge is 0.146 e. The lowest BCUT2D eigenvalue weighted by molar-refractivity contribution is 0.526. The average molecular weight is 300 g/mol. The van der Waals surface area contributed by atoms with Crippen LogP contribution in [0.5, 0.6) is 0 Å². The molecule has 0 spiro atoms. The maximum Gasteiger partial charge on any atom is 0.146 e. The van der Waals surface area contributed by atoms with Gasteiger partial charge in [-0.1, -0.05) is 33.8 Å². The van der Waals surface area contributed by atoms with Gasteiger partial charge in [-0.15, -0.1) is 11.6 Å². The Balaban J connectivity index is 2.84. The molecule has 0 aromatic heterocycles. The third-order valence-corrected chi connectivity index (χ3v) is 3.77. The molecule has 1 rings (SSSR count). The van der Waals surface area contributed by atoms with Gasteiger partial charge in [0, 0.05) is 19.0 Å². The minimum atomic E-state index is -0.157. The molecule has 0 N–H and O–H groups in total. The summed E-state index contributed by atoms with van der Waals surface area (Å²) in [7, 11) is 0. The van der Waals surface area contributed by atoms with Gasteiger partial charge in [0.1, 0.15) is 5.82 Å². The topological polar surface area (TPSA) is 3.24 Å². The molecule has 0 unspecified atom stereocenters. The molecular weight excluding hydrogens is 273 g/mol. The Hall–Kier alpha value is -0.760. The van der Waals surface area contributed by atoms with Gasteiger partial charge in [-0.3, -0.25) is 0 Å². The predicted octanol–water partition coefficient (Wildman–Crippen LogP) is 5.46. The SMILES string of the molecule is CC(C)CCN(CCC(C)C)c1ccc(CCl)cc1F. The highest BCUT2D eigenvalue weighted by Gasteiger charge is 2.13.